The molecule has 7 heteroatoms. The SMILES string of the molecule is N#CCCN(CCN1CCOCC1)CC(=O)NC1(C#N)CCCC1. The van der Waals surface area contributed by atoms with Crippen LogP contribution in [0, 0.1) is 22.7 Å². The van der Waals surface area contributed by atoms with E-state index in [0.29, 0.717) is 13.0 Å². The summed E-state index contributed by atoms with van der Waals surface area (Å²) in [6.45, 7) is 5.77. The van der Waals surface area contributed by atoms with Crippen LogP contribution in [0.1, 0.15) is 32.1 Å². The van der Waals surface area contributed by atoms with Gasteiger partial charge in [0.1, 0.15) is 5.54 Å². The molecule has 1 saturated heterocycles. The zero-order chi connectivity index (χ0) is 17.3. The first-order valence-corrected chi connectivity index (χ1v) is 8.79. The highest BCUT2D eigenvalue weighted by atomic mass is 16.5. The summed E-state index contributed by atoms with van der Waals surface area (Å²) in [6.07, 6.45) is 3.86. The first-order chi connectivity index (χ1) is 11.7. The van der Waals surface area contributed by atoms with Gasteiger partial charge < -0.3 is 10.1 Å². The van der Waals surface area contributed by atoms with E-state index in [0.717, 1.165) is 65.1 Å². The third-order valence-corrected chi connectivity index (χ3v) is 4.79. The number of hydrogen-bond donors (Lipinski definition) is 1. The summed E-state index contributed by atoms with van der Waals surface area (Å²) in [5.74, 6) is -0.113. The van der Waals surface area contributed by atoms with E-state index in [1.807, 2.05) is 4.90 Å². The fourth-order valence-electron chi connectivity index (χ4n) is 3.34. The first-order valence-electron chi connectivity index (χ1n) is 8.79. The fourth-order valence-corrected chi connectivity index (χ4v) is 3.34. The predicted molar refractivity (Wildman–Crippen MR) is 88.9 cm³/mol. The molecule has 0 aromatic carbocycles. The number of ether oxygens (including phenoxy) is 1. The van der Waals surface area contributed by atoms with Gasteiger partial charge in [0.15, 0.2) is 0 Å². The van der Waals surface area contributed by atoms with Gasteiger partial charge in [0.25, 0.3) is 0 Å². The molecule has 0 aromatic rings. The summed E-state index contributed by atoms with van der Waals surface area (Å²) in [5.41, 5.74) is -0.678. The molecule has 2 rings (SSSR count). The summed E-state index contributed by atoms with van der Waals surface area (Å²) >= 11 is 0. The quantitative estimate of drug-likeness (QED) is 0.695. The number of nitrogens with one attached hydrogen (secondary N) is 1. The number of rotatable bonds is 8. The monoisotopic (exact) mass is 333 g/mol. The average Bonchev–Trinajstić information content (AvgIpc) is 3.07. The maximum atomic E-state index is 12.4. The third-order valence-electron chi connectivity index (χ3n) is 4.79. The smallest absolute Gasteiger partial charge is 0.235 e. The Morgan fingerprint density at radius 1 is 1.21 bits per heavy atom. The predicted octanol–water partition coefficient (Wildman–Crippen LogP) is 0.487. The van der Waals surface area contributed by atoms with E-state index >= 15 is 0 Å². The van der Waals surface area contributed by atoms with E-state index in [-0.39, 0.29) is 12.5 Å². The lowest BCUT2D eigenvalue weighted by atomic mass is 10.00. The highest BCUT2D eigenvalue weighted by molar-refractivity contribution is 5.79. The molecule has 1 N–H and O–H groups in total. The number of amides is 1. The van der Waals surface area contributed by atoms with Crippen LogP contribution in [0.5, 0.6) is 0 Å². The second-order valence-electron chi connectivity index (χ2n) is 6.59. The lowest BCUT2D eigenvalue weighted by Gasteiger charge is -2.30. The molecule has 1 amide bonds. The fraction of sp³-hybridized carbons (Fsp3) is 0.824. The molecule has 1 saturated carbocycles. The summed E-state index contributed by atoms with van der Waals surface area (Å²) in [6, 6.07) is 4.43. The minimum Gasteiger partial charge on any atom is -0.379 e. The maximum Gasteiger partial charge on any atom is 0.235 e. The van der Waals surface area contributed by atoms with Crippen LogP contribution >= 0.6 is 0 Å². The zero-order valence-corrected chi connectivity index (χ0v) is 14.3. The standard InChI is InChI=1S/C17H27N5O2/c18-6-3-7-22(9-8-21-10-12-24-13-11-21)14-16(23)20-17(15-19)4-1-2-5-17/h1-5,7-14H2,(H,20,23). The van der Waals surface area contributed by atoms with Crippen LogP contribution in [0.4, 0.5) is 0 Å². The molecule has 0 radical (unpaired) electrons. The van der Waals surface area contributed by atoms with Gasteiger partial charge in [-0.2, -0.15) is 10.5 Å². The van der Waals surface area contributed by atoms with Gasteiger partial charge >= 0.3 is 0 Å². The van der Waals surface area contributed by atoms with Gasteiger partial charge in [-0.1, -0.05) is 0 Å². The topological polar surface area (TPSA) is 92.4 Å². The number of morpholine rings is 1. The molecule has 2 aliphatic rings. The molecular weight excluding hydrogens is 306 g/mol. The van der Waals surface area contributed by atoms with Gasteiger partial charge in [-0.15, -0.1) is 0 Å². The highest BCUT2D eigenvalue weighted by Crippen LogP contribution is 2.28. The van der Waals surface area contributed by atoms with Crippen LogP contribution in [-0.2, 0) is 9.53 Å². The van der Waals surface area contributed by atoms with Crippen LogP contribution in [0.3, 0.4) is 0 Å². The lowest BCUT2D eigenvalue weighted by molar-refractivity contribution is -0.123. The van der Waals surface area contributed by atoms with Gasteiger partial charge in [0.05, 0.1) is 31.9 Å². The van der Waals surface area contributed by atoms with Crippen molar-refractivity contribution in [3.63, 3.8) is 0 Å². The molecule has 1 aliphatic carbocycles. The number of carbonyl (C=O) groups is 1. The lowest BCUT2D eigenvalue weighted by Crippen LogP contribution is -2.50. The number of carbonyl (C=O) groups excluding carboxylic acids is 1. The Balaban J connectivity index is 1.81. The van der Waals surface area contributed by atoms with Crippen molar-refractivity contribution in [1.82, 2.24) is 15.1 Å². The zero-order valence-electron chi connectivity index (χ0n) is 14.3. The molecule has 0 bridgehead atoms. The Morgan fingerprint density at radius 3 is 2.54 bits per heavy atom. The summed E-state index contributed by atoms with van der Waals surface area (Å²) in [5, 5.41) is 21.1. The van der Waals surface area contributed by atoms with Crippen molar-refractivity contribution in [1.29, 1.82) is 10.5 Å². The van der Waals surface area contributed by atoms with Crippen molar-refractivity contribution in [2.45, 2.75) is 37.6 Å². The van der Waals surface area contributed by atoms with Crippen molar-refractivity contribution >= 4 is 5.91 Å². The van der Waals surface area contributed by atoms with Crippen LogP contribution in [-0.4, -0.2) is 73.7 Å². The molecule has 1 heterocycles. The Bertz CT molecular complexity index is 484. The van der Waals surface area contributed by atoms with E-state index in [9.17, 15) is 10.1 Å². The van der Waals surface area contributed by atoms with Crippen molar-refractivity contribution in [3.8, 4) is 12.1 Å². The second kappa shape index (κ2) is 9.58. The molecule has 0 atom stereocenters. The average molecular weight is 333 g/mol. The molecule has 0 spiro atoms. The largest absolute Gasteiger partial charge is 0.379 e. The summed E-state index contributed by atoms with van der Waals surface area (Å²) in [7, 11) is 0. The van der Waals surface area contributed by atoms with Gasteiger partial charge in [0.2, 0.25) is 5.91 Å². The highest BCUT2D eigenvalue weighted by Gasteiger charge is 2.35. The van der Waals surface area contributed by atoms with Crippen molar-refractivity contribution in [3.05, 3.63) is 0 Å². The van der Waals surface area contributed by atoms with Crippen molar-refractivity contribution in [2.75, 3.05) is 52.5 Å². The van der Waals surface area contributed by atoms with Crippen LogP contribution < -0.4 is 5.32 Å². The van der Waals surface area contributed by atoms with Gasteiger partial charge in [-0.3, -0.25) is 14.6 Å². The molecule has 1 aliphatic heterocycles. The van der Waals surface area contributed by atoms with Gasteiger partial charge in [0, 0.05) is 39.1 Å². The number of hydrogen-bond acceptors (Lipinski definition) is 6. The molecular formula is C17H27N5O2. The Kier molecular flexibility index (Phi) is 7.45. The van der Waals surface area contributed by atoms with E-state index in [1.54, 1.807) is 0 Å². The molecule has 132 valence electrons. The van der Waals surface area contributed by atoms with Crippen LogP contribution in [0.15, 0.2) is 0 Å². The van der Waals surface area contributed by atoms with Crippen molar-refractivity contribution in [2.24, 2.45) is 0 Å². The molecule has 2 fully saturated rings. The first kappa shape index (κ1) is 18.7. The minimum atomic E-state index is -0.678. The Morgan fingerprint density at radius 2 is 1.92 bits per heavy atom. The van der Waals surface area contributed by atoms with Crippen LogP contribution in [0.25, 0.3) is 0 Å². The third kappa shape index (κ3) is 5.76. The maximum absolute atomic E-state index is 12.4. The summed E-state index contributed by atoms with van der Waals surface area (Å²) < 4.78 is 5.34. The normalized spacial score (nSPS) is 20.5. The van der Waals surface area contributed by atoms with Crippen LogP contribution in [0.2, 0.25) is 0 Å². The van der Waals surface area contributed by atoms with E-state index in [2.05, 4.69) is 22.4 Å². The van der Waals surface area contributed by atoms with Gasteiger partial charge in [-0.25, -0.2) is 0 Å². The molecule has 24 heavy (non-hydrogen) atoms. The van der Waals surface area contributed by atoms with E-state index in [1.165, 1.54) is 0 Å². The molecule has 0 unspecified atom stereocenters. The Labute approximate surface area is 144 Å². The molecule has 0 aromatic heterocycles. The minimum absolute atomic E-state index is 0.113. The van der Waals surface area contributed by atoms with Gasteiger partial charge in [-0.05, 0) is 25.7 Å². The molecule has 7 nitrogen and oxygen atoms in total. The van der Waals surface area contributed by atoms with E-state index < -0.39 is 5.54 Å². The number of nitrogens with zero attached hydrogens (tertiary/aromatic N) is 4. The second-order valence-corrected chi connectivity index (χ2v) is 6.59. The summed E-state index contributed by atoms with van der Waals surface area (Å²) in [4.78, 5) is 16.7. The number of nitriles is 2. The Hall–Kier alpha value is -1.67. The van der Waals surface area contributed by atoms with E-state index in [4.69, 9.17) is 10.00 Å². The van der Waals surface area contributed by atoms with Crippen molar-refractivity contribution < 1.29 is 9.53 Å².